The van der Waals surface area contributed by atoms with Gasteiger partial charge < -0.3 is 29.7 Å². The normalized spacial score (nSPS) is 19.9. The smallest absolute Gasteiger partial charge is 0.492 e. The third kappa shape index (κ3) is 4.14. The van der Waals surface area contributed by atoms with E-state index in [9.17, 15) is 28.6 Å². The van der Waals surface area contributed by atoms with E-state index in [0.29, 0.717) is 11.3 Å². The molecule has 188 valence electrons. The van der Waals surface area contributed by atoms with Crippen molar-refractivity contribution in [3.63, 3.8) is 0 Å². The Morgan fingerprint density at radius 2 is 1.86 bits per heavy atom. The summed E-state index contributed by atoms with van der Waals surface area (Å²) in [6, 6.07) is 12.8. The van der Waals surface area contributed by atoms with E-state index in [1.54, 1.807) is 37.3 Å². The summed E-state index contributed by atoms with van der Waals surface area (Å²) in [6.45, 7) is 0.524. The van der Waals surface area contributed by atoms with E-state index >= 15 is 0 Å². The lowest BCUT2D eigenvalue weighted by Gasteiger charge is -2.22. The lowest BCUT2D eigenvalue weighted by atomic mass is 9.83. The zero-order valence-corrected chi connectivity index (χ0v) is 18.9. The third-order valence-corrected chi connectivity index (χ3v) is 6.00. The summed E-state index contributed by atoms with van der Waals surface area (Å²) in [4.78, 5) is 26.5. The lowest BCUT2D eigenvalue weighted by molar-refractivity contribution is -0.286. The van der Waals surface area contributed by atoms with Crippen LogP contribution in [0.15, 0.2) is 53.3 Å². The Morgan fingerprint density at radius 3 is 2.56 bits per heavy atom. The van der Waals surface area contributed by atoms with Gasteiger partial charge in [-0.3, -0.25) is 9.59 Å². The van der Waals surface area contributed by atoms with E-state index in [2.05, 4.69) is 19.9 Å². The van der Waals surface area contributed by atoms with Crippen LogP contribution < -0.4 is 25.1 Å². The van der Waals surface area contributed by atoms with Crippen LogP contribution in [0.3, 0.4) is 0 Å². The van der Waals surface area contributed by atoms with Crippen molar-refractivity contribution >= 4 is 11.6 Å². The molecule has 0 bridgehead atoms. The number of anilines is 1. The molecule has 0 saturated carbocycles. The number of fused-ring (bicyclic) bond motifs is 2. The second kappa shape index (κ2) is 8.57. The van der Waals surface area contributed by atoms with Gasteiger partial charge in [-0.1, -0.05) is 30.3 Å². The summed E-state index contributed by atoms with van der Waals surface area (Å²) in [5.74, 6) is -0.909. The van der Waals surface area contributed by atoms with E-state index in [4.69, 9.17) is 4.74 Å². The van der Waals surface area contributed by atoms with Crippen molar-refractivity contribution in [1.82, 2.24) is 9.78 Å². The second-order valence-electron chi connectivity index (χ2n) is 8.67. The molecule has 2 aliphatic rings. The van der Waals surface area contributed by atoms with Crippen molar-refractivity contribution < 1.29 is 38.0 Å². The number of nitrogens with one attached hydrogen (secondary N) is 1. The average molecular weight is 501 g/mol. The first-order chi connectivity index (χ1) is 17.1. The number of hydrogen-bond acceptors (Lipinski definition) is 8. The predicted molar refractivity (Wildman–Crippen MR) is 121 cm³/mol. The minimum absolute atomic E-state index is 0.124. The number of aromatic nitrogens is 2. The summed E-state index contributed by atoms with van der Waals surface area (Å²) in [5.41, 5.74) is -0.911. The number of aliphatic hydroxyl groups excluding tert-OH is 2. The molecule has 1 unspecified atom stereocenters. The van der Waals surface area contributed by atoms with Crippen LogP contribution in [0.4, 0.5) is 14.5 Å². The van der Waals surface area contributed by atoms with E-state index in [1.165, 1.54) is 18.2 Å². The van der Waals surface area contributed by atoms with Crippen LogP contribution in [0, 0.1) is 0 Å². The molecule has 10 nitrogen and oxygen atoms in total. The number of carbonyl (C=O) groups is 1. The van der Waals surface area contributed by atoms with E-state index in [-0.39, 0.29) is 41.7 Å². The monoisotopic (exact) mass is 501 g/mol. The molecule has 12 heteroatoms. The minimum Gasteiger partial charge on any atom is -0.492 e. The molecule has 3 N–H and O–H groups in total. The highest BCUT2D eigenvalue weighted by Gasteiger charge is 2.49. The fraction of sp³-hybridized carbons (Fsp3) is 0.292. The zero-order chi connectivity index (χ0) is 25.7. The summed E-state index contributed by atoms with van der Waals surface area (Å²) in [6.07, 6.45) is -5.08. The molecule has 0 radical (unpaired) electrons. The number of halogens is 2. The highest BCUT2D eigenvalue weighted by atomic mass is 19.3. The van der Waals surface area contributed by atoms with Gasteiger partial charge in [0.1, 0.15) is 23.5 Å². The first-order valence-corrected chi connectivity index (χ1v) is 10.9. The summed E-state index contributed by atoms with van der Waals surface area (Å²) >= 11 is 0. The number of carbonyl (C=O) groups excluding carboxylic acids is 1. The molecule has 1 amide bonds. The molecule has 0 fully saturated rings. The fourth-order valence-corrected chi connectivity index (χ4v) is 4.04. The van der Waals surface area contributed by atoms with Crippen molar-refractivity contribution in [2.75, 3.05) is 18.5 Å². The van der Waals surface area contributed by atoms with Gasteiger partial charge in [-0.2, -0.15) is 5.10 Å². The highest BCUT2D eigenvalue weighted by Crippen LogP contribution is 2.50. The average Bonchev–Trinajstić information content (AvgIpc) is 3.34. The molecule has 2 aliphatic heterocycles. The van der Waals surface area contributed by atoms with Gasteiger partial charge >= 0.3 is 6.29 Å². The van der Waals surface area contributed by atoms with Crippen LogP contribution in [0.1, 0.15) is 12.5 Å². The quantitative estimate of drug-likeness (QED) is 0.467. The Labute approximate surface area is 202 Å². The van der Waals surface area contributed by atoms with E-state index < -0.39 is 35.9 Å². The molecule has 0 spiro atoms. The van der Waals surface area contributed by atoms with Gasteiger partial charge in [0.25, 0.3) is 5.56 Å². The van der Waals surface area contributed by atoms with Crippen molar-refractivity contribution in [3.05, 3.63) is 64.4 Å². The number of aliphatic hydroxyl groups is 2. The zero-order valence-electron chi connectivity index (χ0n) is 18.9. The van der Waals surface area contributed by atoms with Gasteiger partial charge in [-0.05, 0) is 19.1 Å². The standard InChI is InChI=1S/C24H21F2N3O7/c1-23(12-34-18-9-20-19(7-15(18)23)35-24(25,26)36-20)22(33)27-17-8-16(13-5-3-2-4-6-13)28-29(21(17)32)10-14(31)11-30/h2-9,14,30-31H,10-12H2,1H3,(H,27,33)/t14-,23?/m1/s1. The molecular weight excluding hydrogens is 480 g/mol. The molecule has 1 aromatic heterocycles. The molecular formula is C24H21F2N3O7. The topological polar surface area (TPSA) is 132 Å². The maximum atomic E-state index is 13.5. The first kappa shape index (κ1) is 23.7. The number of benzene rings is 2. The Kier molecular flexibility index (Phi) is 5.64. The summed E-state index contributed by atoms with van der Waals surface area (Å²) < 4.78 is 42.5. The Bertz CT molecular complexity index is 1400. The van der Waals surface area contributed by atoms with Crippen LogP contribution in [-0.2, 0) is 16.8 Å². The summed E-state index contributed by atoms with van der Waals surface area (Å²) in [7, 11) is 0. The maximum absolute atomic E-state index is 13.5. The van der Waals surface area contributed by atoms with Crippen molar-refractivity contribution in [3.8, 4) is 28.5 Å². The van der Waals surface area contributed by atoms with Gasteiger partial charge in [0, 0.05) is 17.2 Å². The largest absolute Gasteiger partial charge is 0.586 e. The predicted octanol–water partition coefficient (Wildman–Crippen LogP) is 1.87. The minimum atomic E-state index is -3.83. The number of nitrogens with zero attached hydrogens (tertiary/aromatic N) is 2. The van der Waals surface area contributed by atoms with Crippen LogP contribution >= 0.6 is 0 Å². The molecule has 2 aromatic carbocycles. The highest BCUT2D eigenvalue weighted by molar-refractivity contribution is 6.00. The maximum Gasteiger partial charge on any atom is 0.586 e. The Balaban J connectivity index is 1.50. The van der Waals surface area contributed by atoms with Crippen LogP contribution in [-0.4, -0.2) is 51.5 Å². The van der Waals surface area contributed by atoms with Crippen LogP contribution in [0.5, 0.6) is 17.2 Å². The van der Waals surface area contributed by atoms with E-state index in [1.807, 2.05) is 0 Å². The molecule has 36 heavy (non-hydrogen) atoms. The second-order valence-corrected chi connectivity index (χ2v) is 8.67. The Hall–Kier alpha value is -4.03. The fourth-order valence-electron chi connectivity index (χ4n) is 4.04. The van der Waals surface area contributed by atoms with Gasteiger partial charge in [0.2, 0.25) is 5.91 Å². The lowest BCUT2D eigenvalue weighted by Crippen LogP contribution is -2.41. The first-order valence-electron chi connectivity index (χ1n) is 10.9. The molecule has 5 rings (SSSR count). The number of hydrogen-bond donors (Lipinski definition) is 3. The van der Waals surface area contributed by atoms with Crippen molar-refractivity contribution in [2.24, 2.45) is 0 Å². The van der Waals surface area contributed by atoms with Gasteiger partial charge in [0.05, 0.1) is 24.9 Å². The van der Waals surface area contributed by atoms with Gasteiger partial charge in [-0.15, -0.1) is 8.78 Å². The van der Waals surface area contributed by atoms with Crippen LogP contribution in [0.25, 0.3) is 11.3 Å². The molecule has 0 saturated heterocycles. The molecule has 3 aromatic rings. The molecule has 0 aliphatic carbocycles. The molecule has 3 heterocycles. The number of ether oxygens (including phenoxy) is 3. The number of amides is 1. The third-order valence-electron chi connectivity index (χ3n) is 6.00. The SMILES string of the molecule is CC1(C(=O)Nc2cc(-c3ccccc3)nn(C[C@@H](O)CO)c2=O)COc2cc3c(cc21)OC(F)(F)O3. The number of rotatable bonds is 6. The van der Waals surface area contributed by atoms with Gasteiger partial charge in [0.15, 0.2) is 11.5 Å². The van der Waals surface area contributed by atoms with Crippen molar-refractivity contribution in [1.29, 1.82) is 0 Å². The van der Waals surface area contributed by atoms with Crippen LogP contribution in [0.2, 0.25) is 0 Å². The Morgan fingerprint density at radius 1 is 1.17 bits per heavy atom. The number of alkyl halides is 2. The summed E-state index contributed by atoms with van der Waals surface area (Å²) in [5, 5.41) is 26.0. The van der Waals surface area contributed by atoms with Crippen molar-refractivity contribution in [2.45, 2.75) is 31.3 Å². The van der Waals surface area contributed by atoms with Gasteiger partial charge in [-0.25, -0.2) is 4.68 Å². The molecule has 2 atom stereocenters. The van der Waals surface area contributed by atoms with E-state index in [0.717, 1.165) is 4.68 Å².